The summed E-state index contributed by atoms with van der Waals surface area (Å²) in [5, 5.41) is 7.97. The molecule has 0 aliphatic rings. The van der Waals surface area contributed by atoms with Crippen molar-refractivity contribution in [1.82, 2.24) is 5.32 Å². The van der Waals surface area contributed by atoms with Crippen molar-refractivity contribution >= 4 is 29.3 Å². The van der Waals surface area contributed by atoms with Gasteiger partial charge in [0, 0.05) is 24.3 Å². The SMILES string of the molecule is CC/C=C/C(=O)Nc1ccc(NC(=O)CCNC(=O)OC(C)(C)C)cc1. The highest BCUT2D eigenvalue weighted by atomic mass is 16.6. The van der Waals surface area contributed by atoms with Crippen LogP contribution in [0.2, 0.25) is 0 Å². The lowest BCUT2D eigenvalue weighted by Gasteiger charge is -2.19. The van der Waals surface area contributed by atoms with Crippen LogP contribution in [0, 0.1) is 0 Å². The van der Waals surface area contributed by atoms with E-state index in [-0.39, 0.29) is 24.8 Å². The van der Waals surface area contributed by atoms with Gasteiger partial charge in [-0.25, -0.2) is 4.79 Å². The van der Waals surface area contributed by atoms with Gasteiger partial charge in [0.25, 0.3) is 0 Å². The Bertz CT molecular complexity index is 646. The van der Waals surface area contributed by atoms with Crippen molar-refractivity contribution in [3.8, 4) is 0 Å². The van der Waals surface area contributed by atoms with E-state index in [9.17, 15) is 14.4 Å². The minimum atomic E-state index is -0.574. The quantitative estimate of drug-likeness (QED) is 0.648. The average Bonchev–Trinajstić information content (AvgIpc) is 2.53. The maximum absolute atomic E-state index is 11.9. The van der Waals surface area contributed by atoms with Crippen LogP contribution in [0.1, 0.15) is 40.5 Å². The average molecular weight is 361 g/mol. The number of anilines is 2. The van der Waals surface area contributed by atoms with Crippen molar-refractivity contribution in [2.45, 2.75) is 46.1 Å². The molecule has 0 aromatic heterocycles. The first kappa shape index (κ1) is 21.2. The van der Waals surface area contributed by atoms with E-state index in [1.54, 1.807) is 51.1 Å². The second-order valence-corrected chi connectivity index (χ2v) is 6.60. The molecule has 1 rings (SSSR count). The molecule has 0 atom stereocenters. The van der Waals surface area contributed by atoms with Crippen LogP contribution in [0.4, 0.5) is 16.2 Å². The van der Waals surface area contributed by atoms with Crippen molar-refractivity contribution in [1.29, 1.82) is 0 Å². The Morgan fingerprint density at radius 3 is 2.15 bits per heavy atom. The molecule has 0 saturated carbocycles. The molecule has 1 aromatic carbocycles. The first-order valence-corrected chi connectivity index (χ1v) is 8.54. The zero-order valence-corrected chi connectivity index (χ0v) is 15.7. The molecule has 0 aliphatic heterocycles. The van der Waals surface area contributed by atoms with E-state index in [4.69, 9.17) is 4.74 Å². The largest absolute Gasteiger partial charge is 0.444 e. The van der Waals surface area contributed by atoms with Crippen LogP contribution < -0.4 is 16.0 Å². The molecule has 0 aliphatic carbocycles. The van der Waals surface area contributed by atoms with Crippen LogP contribution >= 0.6 is 0 Å². The first-order valence-electron chi connectivity index (χ1n) is 8.54. The summed E-state index contributed by atoms with van der Waals surface area (Å²) in [6.07, 6.45) is 3.62. The van der Waals surface area contributed by atoms with Crippen molar-refractivity contribution in [3.63, 3.8) is 0 Å². The van der Waals surface area contributed by atoms with Crippen LogP contribution in [0.5, 0.6) is 0 Å². The van der Waals surface area contributed by atoms with Gasteiger partial charge in [-0.05, 0) is 57.5 Å². The Morgan fingerprint density at radius 2 is 1.62 bits per heavy atom. The molecule has 0 heterocycles. The maximum Gasteiger partial charge on any atom is 0.407 e. The highest BCUT2D eigenvalue weighted by molar-refractivity contribution is 5.99. The third-order valence-electron chi connectivity index (χ3n) is 2.96. The summed E-state index contributed by atoms with van der Waals surface area (Å²) in [4.78, 5) is 34.9. The Hall–Kier alpha value is -2.83. The third-order valence-corrected chi connectivity index (χ3v) is 2.96. The van der Waals surface area contributed by atoms with Crippen molar-refractivity contribution < 1.29 is 19.1 Å². The van der Waals surface area contributed by atoms with E-state index in [1.165, 1.54) is 6.08 Å². The molecular formula is C19H27N3O4. The number of ether oxygens (including phenoxy) is 1. The fraction of sp³-hybridized carbons (Fsp3) is 0.421. The lowest BCUT2D eigenvalue weighted by atomic mass is 10.2. The lowest BCUT2D eigenvalue weighted by Crippen LogP contribution is -2.34. The molecule has 0 unspecified atom stereocenters. The molecule has 0 bridgehead atoms. The van der Waals surface area contributed by atoms with Crippen LogP contribution in [0.3, 0.4) is 0 Å². The summed E-state index contributed by atoms with van der Waals surface area (Å²) in [6, 6.07) is 6.79. The summed E-state index contributed by atoms with van der Waals surface area (Å²) < 4.78 is 5.09. The topological polar surface area (TPSA) is 96.5 Å². The van der Waals surface area contributed by atoms with E-state index >= 15 is 0 Å². The molecule has 7 nitrogen and oxygen atoms in total. The van der Waals surface area contributed by atoms with Gasteiger partial charge < -0.3 is 20.7 Å². The van der Waals surface area contributed by atoms with E-state index < -0.39 is 11.7 Å². The predicted octanol–water partition coefficient (Wildman–Crippen LogP) is 3.44. The molecule has 3 amide bonds. The Morgan fingerprint density at radius 1 is 1.04 bits per heavy atom. The highest BCUT2D eigenvalue weighted by Gasteiger charge is 2.15. The fourth-order valence-corrected chi connectivity index (χ4v) is 1.86. The van der Waals surface area contributed by atoms with Gasteiger partial charge in [-0.2, -0.15) is 0 Å². The van der Waals surface area contributed by atoms with Crippen LogP contribution in [-0.2, 0) is 14.3 Å². The third kappa shape index (κ3) is 9.46. The number of hydrogen-bond donors (Lipinski definition) is 3. The Kier molecular flexibility index (Phi) is 8.34. The predicted molar refractivity (Wildman–Crippen MR) is 102 cm³/mol. The normalized spacial score (nSPS) is 11.1. The van der Waals surface area contributed by atoms with Crippen LogP contribution in [0.25, 0.3) is 0 Å². The summed E-state index contributed by atoms with van der Waals surface area (Å²) >= 11 is 0. The van der Waals surface area contributed by atoms with E-state index in [2.05, 4.69) is 16.0 Å². The standard InChI is InChI=1S/C19H27N3O4/c1-5-6-7-16(23)21-14-8-10-15(11-9-14)22-17(24)12-13-20-18(25)26-19(2,3)4/h6-11H,5,12-13H2,1-4H3,(H,20,25)(H,21,23)(H,22,24)/b7-6+. The van der Waals surface area contributed by atoms with E-state index in [0.29, 0.717) is 11.4 Å². The van der Waals surface area contributed by atoms with Crippen LogP contribution in [0.15, 0.2) is 36.4 Å². The first-order chi connectivity index (χ1) is 12.2. The number of benzene rings is 1. The molecule has 0 radical (unpaired) electrons. The number of carbonyl (C=O) groups is 3. The monoisotopic (exact) mass is 361 g/mol. The molecular weight excluding hydrogens is 334 g/mol. The lowest BCUT2D eigenvalue weighted by molar-refractivity contribution is -0.116. The second kappa shape index (κ2) is 10.2. The molecule has 7 heteroatoms. The number of amides is 3. The van der Waals surface area contributed by atoms with Gasteiger partial charge in [0.05, 0.1) is 0 Å². The van der Waals surface area contributed by atoms with Gasteiger partial charge in [0.2, 0.25) is 11.8 Å². The number of hydrogen-bond acceptors (Lipinski definition) is 4. The summed E-state index contributed by atoms with van der Waals surface area (Å²) in [7, 11) is 0. The van der Waals surface area contributed by atoms with Gasteiger partial charge in [-0.1, -0.05) is 13.0 Å². The molecule has 0 saturated heterocycles. The summed E-state index contributed by atoms with van der Waals surface area (Å²) in [5.41, 5.74) is 0.672. The highest BCUT2D eigenvalue weighted by Crippen LogP contribution is 2.14. The van der Waals surface area contributed by atoms with Crippen molar-refractivity contribution in [3.05, 3.63) is 36.4 Å². The number of rotatable bonds is 7. The minimum absolute atomic E-state index is 0.125. The number of carbonyl (C=O) groups excluding carboxylic acids is 3. The van der Waals surface area contributed by atoms with E-state index in [1.807, 2.05) is 6.92 Å². The number of alkyl carbamates (subject to hydrolysis) is 1. The Balaban J connectivity index is 2.37. The van der Waals surface area contributed by atoms with Gasteiger partial charge in [-0.15, -0.1) is 0 Å². The van der Waals surface area contributed by atoms with Gasteiger partial charge in [0.15, 0.2) is 0 Å². The molecule has 142 valence electrons. The smallest absolute Gasteiger partial charge is 0.407 e. The molecule has 1 aromatic rings. The molecule has 3 N–H and O–H groups in total. The molecule has 0 spiro atoms. The van der Waals surface area contributed by atoms with E-state index in [0.717, 1.165) is 6.42 Å². The number of allylic oxidation sites excluding steroid dienone is 1. The summed E-state index contributed by atoms with van der Waals surface area (Å²) in [6.45, 7) is 7.44. The van der Waals surface area contributed by atoms with Gasteiger partial charge in [0.1, 0.15) is 5.60 Å². The van der Waals surface area contributed by atoms with Crippen molar-refractivity contribution in [2.75, 3.05) is 17.2 Å². The second-order valence-electron chi connectivity index (χ2n) is 6.60. The molecule has 26 heavy (non-hydrogen) atoms. The summed E-state index contributed by atoms with van der Waals surface area (Å²) in [5.74, 6) is -0.430. The zero-order valence-electron chi connectivity index (χ0n) is 15.7. The zero-order chi connectivity index (χ0) is 19.6. The maximum atomic E-state index is 11.9. The fourth-order valence-electron chi connectivity index (χ4n) is 1.86. The molecule has 0 fully saturated rings. The van der Waals surface area contributed by atoms with Crippen molar-refractivity contribution in [2.24, 2.45) is 0 Å². The van der Waals surface area contributed by atoms with Gasteiger partial charge in [-0.3, -0.25) is 9.59 Å². The Labute approximate surface area is 154 Å². The number of nitrogens with one attached hydrogen (secondary N) is 3. The van der Waals surface area contributed by atoms with Crippen LogP contribution in [-0.4, -0.2) is 30.1 Å². The van der Waals surface area contributed by atoms with Gasteiger partial charge >= 0.3 is 6.09 Å². The minimum Gasteiger partial charge on any atom is -0.444 e.